The summed E-state index contributed by atoms with van der Waals surface area (Å²) in [6, 6.07) is 16.7. The standard InChI is InChI=1S/C20H19NO6S/c1-25-15-9-10-17(26-2)18(12-15)28(23,24)20(19(21)22)27-16-8-7-13-5-3-4-6-14(13)11-16/h3-12,20H,1-2H3,(H2,21,22). The number of sulfone groups is 1. The van der Waals surface area contributed by atoms with E-state index in [1.807, 2.05) is 24.3 Å². The van der Waals surface area contributed by atoms with Crippen molar-refractivity contribution in [3.63, 3.8) is 0 Å². The number of ether oxygens (including phenoxy) is 3. The zero-order valence-electron chi connectivity index (χ0n) is 15.3. The number of carbonyl (C=O) groups excluding carboxylic acids is 1. The molecule has 7 nitrogen and oxygen atoms in total. The molecule has 0 aromatic heterocycles. The molecule has 1 unspecified atom stereocenters. The molecule has 0 aliphatic rings. The molecular weight excluding hydrogens is 382 g/mol. The van der Waals surface area contributed by atoms with Gasteiger partial charge in [-0.15, -0.1) is 0 Å². The number of amides is 1. The van der Waals surface area contributed by atoms with Crippen LogP contribution in [0.3, 0.4) is 0 Å². The summed E-state index contributed by atoms with van der Waals surface area (Å²) >= 11 is 0. The van der Waals surface area contributed by atoms with E-state index in [1.165, 1.54) is 26.4 Å². The Morgan fingerprint density at radius 1 is 0.893 bits per heavy atom. The van der Waals surface area contributed by atoms with Gasteiger partial charge in [-0.1, -0.05) is 30.3 Å². The van der Waals surface area contributed by atoms with Gasteiger partial charge in [0.25, 0.3) is 11.3 Å². The highest BCUT2D eigenvalue weighted by Gasteiger charge is 2.37. The van der Waals surface area contributed by atoms with Crippen molar-refractivity contribution in [3.8, 4) is 17.2 Å². The highest BCUT2D eigenvalue weighted by atomic mass is 32.2. The van der Waals surface area contributed by atoms with Crippen molar-refractivity contribution >= 4 is 26.5 Å². The second kappa shape index (κ2) is 7.77. The Balaban J connectivity index is 2.04. The first-order valence-corrected chi connectivity index (χ1v) is 9.82. The van der Waals surface area contributed by atoms with E-state index in [1.54, 1.807) is 24.3 Å². The van der Waals surface area contributed by atoms with Gasteiger partial charge in [-0.2, -0.15) is 0 Å². The fourth-order valence-corrected chi connectivity index (χ4v) is 4.25. The maximum Gasteiger partial charge on any atom is 0.280 e. The predicted octanol–water partition coefficient (Wildman–Crippen LogP) is 2.52. The van der Waals surface area contributed by atoms with Crippen LogP contribution >= 0.6 is 0 Å². The average molecular weight is 401 g/mol. The maximum atomic E-state index is 13.1. The van der Waals surface area contributed by atoms with Gasteiger partial charge in [-0.05, 0) is 35.0 Å². The van der Waals surface area contributed by atoms with E-state index >= 15 is 0 Å². The molecule has 0 radical (unpaired) electrons. The number of nitrogens with two attached hydrogens (primary N) is 1. The number of fused-ring (bicyclic) bond motifs is 1. The largest absolute Gasteiger partial charge is 0.497 e. The summed E-state index contributed by atoms with van der Waals surface area (Å²) < 4.78 is 42.0. The van der Waals surface area contributed by atoms with Gasteiger partial charge in [0.15, 0.2) is 0 Å². The second-order valence-electron chi connectivity index (χ2n) is 5.92. The smallest absolute Gasteiger partial charge is 0.280 e. The monoisotopic (exact) mass is 401 g/mol. The van der Waals surface area contributed by atoms with E-state index < -0.39 is 21.2 Å². The van der Waals surface area contributed by atoms with Gasteiger partial charge in [0.1, 0.15) is 22.1 Å². The van der Waals surface area contributed by atoms with Crippen LogP contribution in [0.25, 0.3) is 10.8 Å². The summed E-state index contributed by atoms with van der Waals surface area (Å²) in [7, 11) is -1.61. The third kappa shape index (κ3) is 3.72. The van der Waals surface area contributed by atoms with Crippen molar-refractivity contribution in [1.82, 2.24) is 0 Å². The molecule has 3 aromatic rings. The minimum Gasteiger partial charge on any atom is -0.497 e. The molecule has 0 spiro atoms. The van der Waals surface area contributed by atoms with E-state index in [4.69, 9.17) is 19.9 Å². The van der Waals surface area contributed by atoms with Crippen LogP contribution in [0, 0.1) is 0 Å². The first-order valence-electron chi connectivity index (χ1n) is 8.27. The summed E-state index contributed by atoms with van der Waals surface area (Å²) in [6.07, 6.45) is 0. The lowest BCUT2D eigenvalue weighted by Crippen LogP contribution is -2.40. The Kier molecular flexibility index (Phi) is 5.41. The number of methoxy groups -OCH3 is 2. The van der Waals surface area contributed by atoms with E-state index in [0.29, 0.717) is 0 Å². The van der Waals surface area contributed by atoms with Crippen molar-refractivity contribution < 1.29 is 27.4 Å². The molecule has 2 N–H and O–H groups in total. The second-order valence-corrected chi connectivity index (χ2v) is 7.88. The molecule has 0 bridgehead atoms. The molecule has 0 fully saturated rings. The fraction of sp³-hybridized carbons (Fsp3) is 0.150. The minimum atomic E-state index is -4.33. The molecule has 1 atom stereocenters. The van der Waals surface area contributed by atoms with Crippen molar-refractivity contribution in [3.05, 3.63) is 60.7 Å². The number of primary amides is 1. The molecule has 1 amide bonds. The van der Waals surface area contributed by atoms with Crippen LogP contribution < -0.4 is 19.9 Å². The number of rotatable bonds is 7. The minimum absolute atomic E-state index is 0.0501. The Hall–Kier alpha value is -3.26. The highest BCUT2D eigenvalue weighted by Crippen LogP contribution is 2.32. The van der Waals surface area contributed by atoms with Crippen LogP contribution in [0.4, 0.5) is 0 Å². The quantitative estimate of drug-likeness (QED) is 0.652. The Morgan fingerprint density at radius 2 is 1.57 bits per heavy atom. The summed E-state index contributed by atoms with van der Waals surface area (Å²) in [5.74, 6) is -0.603. The third-order valence-corrected chi connectivity index (χ3v) is 5.98. The Labute approximate surface area is 162 Å². The van der Waals surface area contributed by atoms with Gasteiger partial charge in [-0.3, -0.25) is 4.79 Å². The number of hydrogen-bond donors (Lipinski definition) is 1. The van der Waals surface area contributed by atoms with Gasteiger partial charge < -0.3 is 19.9 Å². The van der Waals surface area contributed by atoms with Gasteiger partial charge >= 0.3 is 0 Å². The predicted molar refractivity (Wildman–Crippen MR) is 104 cm³/mol. The Bertz CT molecular complexity index is 1130. The molecule has 8 heteroatoms. The van der Waals surface area contributed by atoms with Crippen molar-refractivity contribution in [2.45, 2.75) is 10.3 Å². The van der Waals surface area contributed by atoms with Gasteiger partial charge in [0.05, 0.1) is 14.2 Å². The molecule has 3 aromatic carbocycles. The van der Waals surface area contributed by atoms with Gasteiger partial charge in [0, 0.05) is 6.07 Å². The normalized spacial score (nSPS) is 12.4. The van der Waals surface area contributed by atoms with Crippen molar-refractivity contribution in [2.75, 3.05) is 14.2 Å². The SMILES string of the molecule is COc1ccc(OC)c(S(=O)(=O)C(Oc2ccc3ccccc3c2)C(N)=O)c1. The van der Waals surface area contributed by atoms with E-state index in [0.717, 1.165) is 10.8 Å². The highest BCUT2D eigenvalue weighted by molar-refractivity contribution is 7.92. The lowest BCUT2D eigenvalue weighted by Gasteiger charge is -2.19. The molecule has 0 aliphatic carbocycles. The van der Waals surface area contributed by atoms with Crippen LogP contribution in [-0.4, -0.2) is 34.0 Å². The topological polar surface area (TPSA) is 105 Å². The van der Waals surface area contributed by atoms with Crippen LogP contribution in [0.2, 0.25) is 0 Å². The van der Waals surface area contributed by atoms with Crippen LogP contribution in [0.1, 0.15) is 0 Å². The van der Waals surface area contributed by atoms with Crippen LogP contribution in [0.15, 0.2) is 65.6 Å². The van der Waals surface area contributed by atoms with E-state index in [-0.39, 0.29) is 22.1 Å². The summed E-state index contributed by atoms with van der Waals surface area (Å²) in [5.41, 5.74) is 3.43. The third-order valence-electron chi connectivity index (χ3n) is 4.16. The first kappa shape index (κ1) is 19.5. The molecule has 3 rings (SSSR count). The fourth-order valence-electron chi connectivity index (χ4n) is 2.76. The molecule has 0 heterocycles. The zero-order valence-corrected chi connectivity index (χ0v) is 16.1. The molecular formula is C20H19NO6S. The lowest BCUT2D eigenvalue weighted by atomic mass is 10.1. The van der Waals surface area contributed by atoms with Crippen molar-refractivity contribution in [1.29, 1.82) is 0 Å². The first-order chi connectivity index (χ1) is 13.4. The molecule has 28 heavy (non-hydrogen) atoms. The van der Waals surface area contributed by atoms with Crippen LogP contribution in [0.5, 0.6) is 17.2 Å². The van der Waals surface area contributed by atoms with Gasteiger partial charge in [0.2, 0.25) is 9.84 Å². The van der Waals surface area contributed by atoms with Crippen LogP contribution in [-0.2, 0) is 14.6 Å². The van der Waals surface area contributed by atoms with Crippen molar-refractivity contribution in [2.24, 2.45) is 5.73 Å². The molecule has 0 saturated carbocycles. The number of benzene rings is 3. The summed E-state index contributed by atoms with van der Waals surface area (Å²) in [6.45, 7) is 0. The molecule has 0 saturated heterocycles. The number of hydrogen-bond acceptors (Lipinski definition) is 6. The maximum absolute atomic E-state index is 13.1. The molecule has 0 aliphatic heterocycles. The lowest BCUT2D eigenvalue weighted by molar-refractivity contribution is -0.121. The number of carbonyl (C=O) groups is 1. The van der Waals surface area contributed by atoms with E-state index in [9.17, 15) is 13.2 Å². The zero-order chi connectivity index (χ0) is 20.3. The summed E-state index contributed by atoms with van der Waals surface area (Å²) in [4.78, 5) is 11.7. The summed E-state index contributed by atoms with van der Waals surface area (Å²) in [5, 5.41) is 1.78. The molecule has 146 valence electrons. The van der Waals surface area contributed by atoms with E-state index in [2.05, 4.69) is 0 Å². The Morgan fingerprint density at radius 3 is 2.21 bits per heavy atom. The van der Waals surface area contributed by atoms with Gasteiger partial charge in [-0.25, -0.2) is 8.42 Å². The average Bonchev–Trinajstić information content (AvgIpc) is 2.70.